The predicted molar refractivity (Wildman–Crippen MR) is 93.6 cm³/mol. The van der Waals surface area contributed by atoms with Crippen molar-refractivity contribution < 1.29 is 14.6 Å². The summed E-state index contributed by atoms with van der Waals surface area (Å²) in [6.07, 6.45) is -0.497. The first-order chi connectivity index (χ1) is 11.8. The zero-order valence-electron chi connectivity index (χ0n) is 13.6. The molecule has 1 aromatic carbocycles. The number of nitrogens with zero attached hydrogens (tertiary/aromatic N) is 2. The van der Waals surface area contributed by atoms with Gasteiger partial charge in [-0.3, -0.25) is 9.80 Å². The second-order valence-electron chi connectivity index (χ2n) is 6.34. The van der Waals surface area contributed by atoms with Crippen LogP contribution >= 0.6 is 11.3 Å². The molecule has 0 radical (unpaired) electrons. The summed E-state index contributed by atoms with van der Waals surface area (Å²) in [6.45, 7) is 6.03. The van der Waals surface area contributed by atoms with Crippen molar-refractivity contribution in [3.63, 3.8) is 0 Å². The highest BCUT2D eigenvalue weighted by Gasteiger charge is 2.22. The van der Waals surface area contributed by atoms with Crippen molar-refractivity contribution in [3.05, 3.63) is 46.2 Å². The SMILES string of the molecule is OC(CN1CCN(Cc2ccsc2)CC1)c1ccc2c(c1)OCO2. The molecule has 1 saturated heterocycles. The summed E-state index contributed by atoms with van der Waals surface area (Å²) in [5, 5.41) is 14.9. The number of aliphatic hydroxyl groups excluding tert-OH is 1. The molecule has 5 nitrogen and oxygen atoms in total. The van der Waals surface area contributed by atoms with E-state index in [1.165, 1.54) is 5.56 Å². The quantitative estimate of drug-likeness (QED) is 0.900. The maximum atomic E-state index is 10.5. The first kappa shape index (κ1) is 15.9. The zero-order valence-corrected chi connectivity index (χ0v) is 14.4. The van der Waals surface area contributed by atoms with Gasteiger partial charge in [0.05, 0.1) is 6.10 Å². The Kier molecular flexibility index (Phi) is 4.71. The Labute approximate surface area is 146 Å². The molecule has 1 unspecified atom stereocenters. The first-order valence-corrected chi connectivity index (χ1v) is 9.25. The molecule has 2 aliphatic heterocycles. The molecule has 128 valence electrons. The van der Waals surface area contributed by atoms with E-state index in [1.807, 2.05) is 18.2 Å². The lowest BCUT2D eigenvalue weighted by Crippen LogP contribution is -2.47. The molecule has 6 heteroatoms. The molecule has 24 heavy (non-hydrogen) atoms. The smallest absolute Gasteiger partial charge is 0.231 e. The van der Waals surface area contributed by atoms with Crippen LogP contribution in [-0.2, 0) is 6.54 Å². The summed E-state index contributed by atoms with van der Waals surface area (Å²) in [5.41, 5.74) is 2.29. The normalized spacial score (nSPS) is 19.5. The van der Waals surface area contributed by atoms with Gasteiger partial charge in [-0.1, -0.05) is 6.07 Å². The molecular weight excluding hydrogens is 324 g/mol. The lowest BCUT2D eigenvalue weighted by Gasteiger charge is -2.35. The van der Waals surface area contributed by atoms with E-state index >= 15 is 0 Å². The molecule has 2 aliphatic rings. The standard InChI is InChI=1S/C18H22N2O3S/c21-16(15-1-2-17-18(9-15)23-13-22-17)11-20-6-4-19(5-7-20)10-14-3-8-24-12-14/h1-3,8-9,12,16,21H,4-7,10-11,13H2. The lowest BCUT2D eigenvalue weighted by molar-refractivity contribution is 0.0700. The Hall–Kier alpha value is -1.60. The predicted octanol–water partition coefficient (Wildman–Crippen LogP) is 2.33. The van der Waals surface area contributed by atoms with Crippen LogP contribution in [0.15, 0.2) is 35.0 Å². The summed E-state index contributed by atoms with van der Waals surface area (Å²) >= 11 is 1.75. The summed E-state index contributed by atoms with van der Waals surface area (Å²) in [6, 6.07) is 7.88. The van der Waals surface area contributed by atoms with Gasteiger partial charge in [0.1, 0.15) is 0 Å². The number of hydrogen-bond donors (Lipinski definition) is 1. The number of benzene rings is 1. The fourth-order valence-corrected chi connectivity index (χ4v) is 3.90. The largest absolute Gasteiger partial charge is 0.454 e. The van der Waals surface area contributed by atoms with Crippen molar-refractivity contribution in [2.45, 2.75) is 12.6 Å². The van der Waals surface area contributed by atoms with Gasteiger partial charge in [-0.2, -0.15) is 11.3 Å². The average molecular weight is 346 g/mol. The highest BCUT2D eigenvalue weighted by molar-refractivity contribution is 7.07. The summed E-state index contributed by atoms with van der Waals surface area (Å²) < 4.78 is 10.7. The number of hydrogen-bond acceptors (Lipinski definition) is 6. The van der Waals surface area contributed by atoms with Gasteiger partial charge >= 0.3 is 0 Å². The van der Waals surface area contributed by atoms with E-state index < -0.39 is 6.10 Å². The number of β-amino-alcohol motifs (C(OH)–C–C–N with tert-alkyl or cyclic N) is 1. The molecule has 0 amide bonds. The molecule has 2 aromatic rings. The molecule has 0 bridgehead atoms. The topological polar surface area (TPSA) is 45.2 Å². The Morgan fingerprint density at radius 1 is 1.04 bits per heavy atom. The van der Waals surface area contributed by atoms with Crippen LogP contribution < -0.4 is 9.47 Å². The van der Waals surface area contributed by atoms with E-state index in [2.05, 4.69) is 26.6 Å². The van der Waals surface area contributed by atoms with Crippen molar-refractivity contribution in [2.75, 3.05) is 39.5 Å². The third kappa shape index (κ3) is 3.57. The lowest BCUT2D eigenvalue weighted by atomic mass is 10.1. The van der Waals surface area contributed by atoms with E-state index in [-0.39, 0.29) is 6.79 Å². The van der Waals surface area contributed by atoms with Crippen LogP contribution in [0.2, 0.25) is 0 Å². The van der Waals surface area contributed by atoms with E-state index in [0.29, 0.717) is 6.54 Å². The van der Waals surface area contributed by atoms with Gasteiger partial charge in [-0.15, -0.1) is 0 Å². The van der Waals surface area contributed by atoms with Crippen LogP contribution in [0.25, 0.3) is 0 Å². The van der Waals surface area contributed by atoms with Crippen LogP contribution in [0, 0.1) is 0 Å². The number of piperazine rings is 1. The number of aliphatic hydroxyl groups is 1. The minimum atomic E-state index is -0.497. The molecule has 1 fully saturated rings. The van der Waals surface area contributed by atoms with Gasteiger partial charge < -0.3 is 14.6 Å². The Morgan fingerprint density at radius 2 is 1.83 bits per heavy atom. The van der Waals surface area contributed by atoms with Crippen LogP contribution in [0.4, 0.5) is 0 Å². The van der Waals surface area contributed by atoms with Crippen LogP contribution in [0.5, 0.6) is 11.5 Å². The van der Waals surface area contributed by atoms with Gasteiger partial charge in [0.15, 0.2) is 11.5 Å². The van der Waals surface area contributed by atoms with Crippen molar-refractivity contribution in [2.24, 2.45) is 0 Å². The van der Waals surface area contributed by atoms with E-state index in [1.54, 1.807) is 11.3 Å². The number of thiophene rings is 1. The fraction of sp³-hybridized carbons (Fsp3) is 0.444. The van der Waals surface area contributed by atoms with Crippen LogP contribution in [0.1, 0.15) is 17.2 Å². The summed E-state index contributed by atoms with van der Waals surface area (Å²) in [7, 11) is 0. The number of rotatable bonds is 5. The second kappa shape index (κ2) is 7.11. The zero-order chi connectivity index (χ0) is 16.4. The highest BCUT2D eigenvalue weighted by atomic mass is 32.1. The van der Waals surface area contributed by atoms with Crippen molar-refractivity contribution in [1.82, 2.24) is 9.80 Å². The second-order valence-corrected chi connectivity index (χ2v) is 7.12. The maximum Gasteiger partial charge on any atom is 0.231 e. The minimum Gasteiger partial charge on any atom is -0.454 e. The molecule has 4 rings (SSSR count). The van der Waals surface area contributed by atoms with Gasteiger partial charge in [0, 0.05) is 39.3 Å². The van der Waals surface area contributed by atoms with Crippen LogP contribution in [0.3, 0.4) is 0 Å². The maximum absolute atomic E-state index is 10.5. The highest BCUT2D eigenvalue weighted by Crippen LogP contribution is 2.34. The Morgan fingerprint density at radius 3 is 2.62 bits per heavy atom. The molecule has 1 aromatic heterocycles. The third-order valence-electron chi connectivity index (χ3n) is 4.66. The van der Waals surface area contributed by atoms with Crippen LogP contribution in [-0.4, -0.2) is 54.4 Å². The minimum absolute atomic E-state index is 0.265. The molecule has 1 atom stereocenters. The molecular formula is C18H22N2O3S. The third-order valence-corrected chi connectivity index (χ3v) is 5.40. The van der Waals surface area contributed by atoms with Gasteiger partial charge in [0.25, 0.3) is 0 Å². The Bertz CT molecular complexity index is 669. The average Bonchev–Trinajstić information content (AvgIpc) is 3.27. The van der Waals surface area contributed by atoms with Crippen molar-refractivity contribution in [1.29, 1.82) is 0 Å². The van der Waals surface area contributed by atoms with E-state index in [4.69, 9.17) is 9.47 Å². The van der Waals surface area contributed by atoms with Gasteiger partial charge in [0.2, 0.25) is 6.79 Å². The van der Waals surface area contributed by atoms with E-state index in [0.717, 1.165) is 49.8 Å². The summed E-state index contributed by atoms with van der Waals surface area (Å²) in [4.78, 5) is 4.81. The van der Waals surface area contributed by atoms with Gasteiger partial charge in [-0.05, 0) is 40.1 Å². The number of ether oxygens (including phenoxy) is 2. The Balaban J connectivity index is 1.28. The molecule has 3 heterocycles. The van der Waals surface area contributed by atoms with E-state index in [9.17, 15) is 5.11 Å². The molecule has 1 N–H and O–H groups in total. The molecule has 0 saturated carbocycles. The monoisotopic (exact) mass is 346 g/mol. The van der Waals surface area contributed by atoms with Gasteiger partial charge in [-0.25, -0.2) is 0 Å². The fourth-order valence-electron chi connectivity index (χ4n) is 3.24. The van der Waals surface area contributed by atoms with Crippen molar-refractivity contribution >= 4 is 11.3 Å². The summed E-state index contributed by atoms with van der Waals surface area (Å²) in [5.74, 6) is 1.49. The molecule has 0 spiro atoms. The first-order valence-electron chi connectivity index (χ1n) is 8.31. The van der Waals surface area contributed by atoms with Crippen molar-refractivity contribution in [3.8, 4) is 11.5 Å². The molecule has 0 aliphatic carbocycles. The number of fused-ring (bicyclic) bond motifs is 1.